The van der Waals surface area contributed by atoms with Gasteiger partial charge in [-0.3, -0.25) is 0 Å². The van der Waals surface area contributed by atoms with Crippen molar-refractivity contribution in [2.24, 2.45) is 0 Å². The molecule has 2 rings (SSSR count). The molecule has 1 heterocycles. The molecule has 1 unspecified atom stereocenters. The standard InChI is InChI=1S/C10H9F3N2O4S/c11-7-3-5(20(17,18)9(12)13)1-2-6(7)8-15-10(16)14-4-19-8/h1-3,8-9H,4H2,(H2,14,15,16). The van der Waals surface area contributed by atoms with Gasteiger partial charge in [-0.25, -0.2) is 17.6 Å². The second-order valence-corrected chi connectivity index (χ2v) is 5.75. The summed E-state index contributed by atoms with van der Waals surface area (Å²) in [4.78, 5) is 10.2. The van der Waals surface area contributed by atoms with Gasteiger partial charge in [0.1, 0.15) is 12.5 Å². The minimum absolute atomic E-state index is 0.159. The maximum atomic E-state index is 13.8. The Balaban J connectivity index is 2.33. The van der Waals surface area contributed by atoms with Gasteiger partial charge in [0.05, 0.1) is 4.90 Å². The molecule has 1 fully saturated rings. The number of amides is 2. The van der Waals surface area contributed by atoms with E-state index in [0.29, 0.717) is 6.07 Å². The fourth-order valence-electron chi connectivity index (χ4n) is 1.57. The van der Waals surface area contributed by atoms with Crippen molar-refractivity contribution in [3.63, 3.8) is 0 Å². The van der Waals surface area contributed by atoms with Gasteiger partial charge in [-0.05, 0) is 12.1 Å². The Kier molecular flexibility index (Phi) is 3.86. The molecule has 0 saturated carbocycles. The molecule has 2 N–H and O–H groups in total. The molecule has 0 radical (unpaired) electrons. The predicted octanol–water partition coefficient (Wildman–Crippen LogP) is 1.11. The third-order valence-electron chi connectivity index (χ3n) is 2.56. The van der Waals surface area contributed by atoms with E-state index < -0.39 is 38.6 Å². The molecule has 0 bridgehead atoms. The predicted molar refractivity (Wildman–Crippen MR) is 60.0 cm³/mol. The summed E-state index contributed by atoms with van der Waals surface area (Å²) in [6.45, 7) is -0.160. The largest absolute Gasteiger partial charge is 0.341 e. The molecule has 1 atom stereocenters. The lowest BCUT2D eigenvalue weighted by atomic mass is 10.2. The van der Waals surface area contributed by atoms with Crippen molar-refractivity contribution in [1.82, 2.24) is 10.6 Å². The molecular formula is C10H9F3N2O4S. The fourth-order valence-corrected chi connectivity index (χ4v) is 2.30. The van der Waals surface area contributed by atoms with Gasteiger partial charge in [-0.2, -0.15) is 8.78 Å². The average Bonchev–Trinajstić information content (AvgIpc) is 2.38. The smallest absolute Gasteiger partial charge is 0.334 e. The minimum Gasteiger partial charge on any atom is -0.334 e. The second-order valence-electron chi connectivity index (χ2n) is 3.83. The van der Waals surface area contributed by atoms with Crippen LogP contribution in [-0.4, -0.2) is 26.9 Å². The number of carbonyl (C=O) groups is 1. The monoisotopic (exact) mass is 310 g/mol. The van der Waals surface area contributed by atoms with Crippen molar-refractivity contribution in [2.75, 3.05) is 6.73 Å². The van der Waals surface area contributed by atoms with Gasteiger partial charge < -0.3 is 15.4 Å². The quantitative estimate of drug-likeness (QED) is 0.876. The third kappa shape index (κ3) is 2.70. The van der Waals surface area contributed by atoms with E-state index in [1.165, 1.54) is 0 Å². The number of nitrogens with one attached hydrogen (secondary N) is 2. The number of rotatable bonds is 3. The Morgan fingerprint density at radius 1 is 1.35 bits per heavy atom. The van der Waals surface area contributed by atoms with Gasteiger partial charge in [0, 0.05) is 5.56 Å². The number of sulfone groups is 1. The number of benzene rings is 1. The first kappa shape index (κ1) is 14.6. The number of alkyl halides is 2. The van der Waals surface area contributed by atoms with Crippen molar-refractivity contribution in [1.29, 1.82) is 0 Å². The van der Waals surface area contributed by atoms with E-state index >= 15 is 0 Å². The van der Waals surface area contributed by atoms with Crippen molar-refractivity contribution >= 4 is 15.9 Å². The number of carbonyl (C=O) groups excluding carboxylic acids is 1. The topological polar surface area (TPSA) is 84.5 Å². The molecule has 0 aromatic heterocycles. The number of hydrogen-bond acceptors (Lipinski definition) is 4. The number of urea groups is 1. The first-order chi connectivity index (χ1) is 9.32. The van der Waals surface area contributed by atoms with E-state index in [4.69, 9.17) is 4.74 Å². The SMILES string of the molecule is O=C1NCOC(c2ccc(S(=O)(=O)C(F)F)cc2F)N1. The molecule has 0 aliphatic carbocycles. The van der Waals surface area contributed by atoms with E-state index in [9.17, 15) is 26.4 Å². The zero-order valence-electron chi connectivity index (χ0n) is 9.77. The number of hydrogen-bond donors (Lipinski definition) is 2. The highest BCUT2D eigenvalue weighted by atomic mass is 32.2. The zero-order valence-corrected chi connectivity index (χ0v) is 10.6. The van der Waals surface area contributed by atoms with E-state index in [-0.39, 0.29) is 12.3 Å². The zero-order chi connectivity index (χ0) is 14.9. The summed E-state index contributed by atoms with van der Waals surface area (Å²) in [5.74, 6) is -4.71. The van der Waals surface area contributed by atoms with E-state index in [2.05, 4.69) is 10.6 Å². The van der Waals surface area contributed by atoms with Crippen LogP contribution in [0.4, 0.5) is 18.0 Å². The lowest BCUT2D eigenvalue weighted by molar-refractivity contribution is 0.00512. The number of ether oxygens (including phenoxy) is 1. The molecule has 0 spiro atoms. The number of halogens is 3. The fraction of sp³-hybridized carbons (Fsp3) is 0.300. The van der Waals surface area contributed by atoms with Gasteiger partial charge in [0.25, 0.3) is 0 Å². The highest BCUT2D eigenvalue weighted by Crippen LogP contribution is 2.25. The molecule has 1 aliphatic heterocycles. The molecule has 1 saturated heterocycles. The molecule has 1 aliphatic rings. The van der Waals surface area contributed by atoms with Crippen LogP contribution in [0.2, 0.25) is 0 Å². The van der Waals surface area contributed by atoms with Crippen molar-refractivity contribution in [2.45, 2.75) is 16.9 Å². The molecule has 110 valence electrons. The van der Waals surface area contributed by atoms with Crippen LogP contribution in [0.15, 0.2) is 23.1 Å². The molecule has 20 heavy (non-hydrogen) atoms. The van der Waals surface area contributed by atoms with Gasteiger partial charge in [-0.15, -0.1) is 0 Å². The van der Waals surface area contributed by atoms with Crippen LogP contribution >= 0.6 is 0 Å². The molecular weight excluding hydrogens is 301 g/mol. The minimum atomic E-state index is -4.87. The second kappa shape index (κ2) is 5.29. The molecule has 1 aromatic rings. The summed E-state index contributed by atoms with van der Waals surface area (Å²) in [7, 11) is -4.87. The molecule has 1 aromatic carbocycles. The third-order valence-corrected chi connectivity index (χ3v) is 3.94. The molecule has 10 heteroatoms. The summed E-state index contributed by atoms with van der Waals surface area (Å²) in [5, 5.41) is 4.51. The van der Waals surface area contributed by atoms with Gasteiger partial charge >= 0.3 is 11.8 Å². The Labute approximate surface area is 111 Å². The van der Waals surface area contributed by atoms with E-state index in [0.717, 1.165) is 12.1 Å². The van der Waals surface area contributed by atoms with E-state index in [1.807, 2.05) is 0 Å². The maximum Gasteiger partial charge on any atom is 0.341 e. The van der Waals surface area contributed by atoms with Gasteiger partial charge in [0.15, 0.2) is 6.23 Å². The van der Waals surface area contributed by atoms with Crippen LogP contribution in [0.1, 0.15) is 11.8 Å². The Morgan fingerprint density at radius 3 is 2.60 bits per heavy atom. The summed E-state index contributed by atoms with van der Waals surface area (Å²) >= 11 is 0. The normalized spacial score (nSPS) is 19.6. The van der Waals surface area contributed by atoms with Crippen molar-refractivity contribution in [3.05, 3.63) is 29.6 Å². The summed E-state index contributed by atoms with van der Waals surface area (Å²) in [6.07, 6.45) is -1.12. The Bertz CT molecular complexity index is 635. The van der Waals surface area contributed by atoms with Crippen LogP contribution in [0.25, 0.3) is 0 Å². The van der Waals surface area contributed by atoms with Crippen LogP contribution in [0.3, 0.4) is 0 Å². The van der Waals surface area contributed by atoms with Crippen LogP contribution < -0.4 is 10.6 Å². The first-order valence-corrected chi connectivity index (χ1v) is 6.84. The Hall–Kier alpha value is -1.81. The van der Waals surface area contributed by atoms with Crippen molar-refractivity contribution in [3.8, 4) is 0 Å². The lowest BCUT2D eigenvalue weighted by Crippen LogP contribution is -2.46. The summed E-state index contributed by atoms with van der Waals surface area (Å²) in [5.41, 5.74) is -0.159. The summed E-state index contributed by atoms with van der Waals surface area (Å²) in [6, 6.07) is 1.68. The van der Waals surface area contributed by atoms with Gasteiger partial charge in [0.2, 0.25) is 9.84 Å². The maximum absolute atomic E-state index is 13.8. The van der Waals surface area contributed by atoms with E-state index in [1.54, 1.807) is 0 Å². The Morgan fingerprint density at radius 2 is 2.05 bits per heavy atom. The molecule has 2 amide bonds. The first-order valence-electron chi connectivity index (χ1n) is 5.30. The average molecular weight is 310 g/mol. The molecule has 6 nitrogen and oxygen atoms in total. The van der Waals surface area contributed by atoms with Crippen LogP contribution in [0, 0.1) is 5.82 Å². The highest BCUT2D eigenvalue weighted by Gasteiger charge is 2.29. The van der Waals surface area contributed by atoms with Crippen molar-refractivity contribution < 1.29 is 31.1 Å². The summed E-state index contributed by atoms with van der Waals surface area (Å²) < 4.78 is 65.9. The lowest BCUT2D eigenvalue weighted by Gasteiger charge is -2.25. The van der Waals surface area contributed by atoms with Crippen LogP contribution in [-0.2, 0) is 14.6 Å². The highest BCUT2D eigenvalue weighted by molar-refractivity contribution is 7.91. The van der Waals surface area contributed by atoms with Crippen LogP contribution in [0.5, 0.6) is 0 Å². The van der Waals surface area contributed by atoms with Gasteiger partial charge in [-0.1, -0.05) is 6.07 Å².